The number of H-pyrrole nitrogens is 5. The fraction of sp³-hybridized carbons (Fsp3) is 0.536. The van der Waals surface area contributed by atoms with Crippen molar-refractivity contribution >= 4 is 11.6 Å². The molecule has 2 saturated heterocycles. The maximum Gasteiger partial charge on any atom is 0.165 e. The number of halogens is 2. The van der Waals surface area contributed by atoms with Gasteiger partial charge in [-0.15, -0.1) is 0 Å². The highest BCUT2D eigenvalue weighted by Crippen LogP contribution is 2.36. The van der Waals surface area contributed by atoms with E-state index in [1.807, 2.05) is 67.4 Å². The minimum absolute atomic E-state index is 0.0269. The van der Waals surface area contributed by atoms with Crippen molar-refractivity contribution in [1.82, 2.24) is 75.5 Å². The Morgan fingerprint density at radius 1 is 0.402 bits per heavy atom. The first-order valence-corrected chi connectivity index (χ1v) is 45.2. The number of ether oxygens (including phenoxy) is 8. The zero-order valence-electron chi connectivity index (χ0n) is 75.3. The molecule has 13 rings (SSSR count). The Morgan fingerprint density at radius 2 is 0.721 bits per heavy atom. The zero-order valence-corrected chi connectivity index (χ0v) is 76.1. The molecule has 1 saturated carbocycles. The van der Waals surface area contributed by atoms with Crippen LogP contribution in [0.15, 0.2) is 140 Å². The molecule has 1 aliphatic carbocycles. The third kappa shape index (κ3) is 32.9. The van der Waals surface area contributed by atoms with Crippen molar-refractivity contribution in [2.24, 2.45) is 5.92 Å². The maximum absolute atomic E-state index is 14.6. The second kappa shape index (κ2) is 53.9. The van der Waals surface area contributed by atoms with E-state index in [0.717, 1.165) is 215 Å². The van der Waals surface area contributed by atoms with Gasteiger partial charge in [-0.1, -0.05) is 92.2 Å². The molecule has 10 aromatic rings. The first-order valence-electron chi connectivity index (χ1n) is 44.9. The Balaban J connectivity index is 0.000000173. The van der Waals surface area contributed by atoms with Crippen LogP contribution in [0.4, 0.5) is 4.39 Å². The molecule has 0 amide bonds. The molecule has 5 N–H and O–H groups in total. The predicted molar refractivity (Wildman–Crippen MR) is 491 cm³/mol. The van der Waals surface area contributed by atoms with Crippen molar-refractivity contribution < 1.29 is 42.3 Å². The summed E-state index contributed by atoms with van der Waals surface area (Å²) >= 11 is 6.49. The average molecular weight is 1700 g/mol. The highest BCUT2D eigenvalue weighted by molar-refractivity contribution is 6.32. The molecule has 0 radical (unpaired) electrons. The molecule has 3 fully saturated rings. The van der Waals surface area contributed by atoms with E-state index in [4.69, 9.17) is 49.5 Å². The molecule has 25 heteroatoms. The van der Waals surface area contributed by atoms with Crippen molar-refractivity contribution in [3.05, 3.63) is 179 Å². The van der Waals surface area contributed by atoms with E-state index in [0.29, 0.717) is 43.3 Å². The van der Waals surface area contributed by atoms with Gasteiger partial charge in [0.2, 0.25) is 0 Å². The first kappa shape index (κ1) is 96.9. The van der Waals surface area contributed by atoms with Gasteiger partial charge in [-0.3, -0.25) is 25.5 Å². The largest absolute Gasteiger partial charge is 0.493 e. The van der Waals surface area contributed by atoms with Crippen LogP contribution in [0.2, 0.25) is 5.02 Å². The molecule has 2 aliphatic heterocycles. The molecule has 0 spiro atoms. The van der Waals surface area contributed by atoms with Gasteiger partial charge in [0.05, 0.1) is 110 Å². The zero-order chi connectivity index (χ0) is 86.6. The van der Waals surface area contributed by atoms with Crippen molar-refractivity contribution in [3.8, 4) is 85.0 Å². The Hall–Kier alpha value is -8.95. The lowest BCUT2D eigenvalue weighted by atomic mass is 10.1. The Kier molecular flexibility index (Phi) is 42.8. The minimum Gasteiger partial charge on any atom is -0.493 e. The number of rotatable bonds is 45. The maximum atomic E-state index is 14.6. The van der Waals surface area contributed by atoms with Crippen molar-refractivity contribution in [3.63, 3.8) is 0 Å². The number of aromatic nitrogens is 10. The minimum atomic E-state index is -0.339. The van der Waals surface area contributed by atoms with Gasteiger partial charge in [0, 0.05) is 121 Å². The van der Waals surface area contributed by atoms with Crippen LogP contribution in [0.3, 0.4) is 0 Å². The van der Waals surface area contributed by atoms with Crippen LogP contribution in [-0.4, -0.2) is 215 Å². The molecule has 0 unspecified atom stereocenters. The molecule has 0 atom stereocenters. The van der Waals surface area contributed by atoms with E-state index < -0.39 is 0 Å². The summed E-state index contributed by atoms with van der Waals surface area (Å²) in [6.07, 6.45) is 30.2. The summed E-state index contributed by atoms with van der Waals surface area (Å²) in [5, 5.41) is 37.3. The molecule has 3 aliphatic rings. The molecular weight excluding hydrogens is 1560 g/mol. The van der Waals surface area contributed by atoms with Crippen LogP contribution in [0.25, 0.3) is 56.3 Å². The fourth-order valence-corrected chi connectivity index (χ4v) is 14.6. The SMILES string of the molecule is CCCCN(C)Cc1cn[nH]c1-c1ccc(OC(CC)CC)cc1.CCCCN(C)Cc1cn[nH]c1-c1ccc(OC2CCOCC2)c(Cl)c1.CCCCN(C)Cc1cn[nH]c1-c1ccc(OC2CCOCC2)c(F)c1.CCCCN(C)Cc1cn[nH]c1-c1ccc(OCC2CC2)cc1.CCCCN(C)Cc1cn[nH]c1-c1ccc(OCCOC)cc1. The van der Waals surface area contributed by atoms with Gasteiger partial charge in [0.25, 0.3) is 0 Å². The van der Waals surface area contributed by atoms with Crippen molar-refractivity contribution in [2.45, 2.75) is 215 Å². The third-order valence-corrected chi connectivity index (χ3v) is 22.3. The van der Waals surface area contributed by atoms with E-state index in [-0.39, 0.29) is 18.0 Å². The normalized spacial score (nSPS) is 13.7. The van der Waals surface area contributed by atoms with Crippen LogP contribution < -0.4 is 23.7 Å². The molecule has 5 aromatic heterocycles. The third-order valence-electron chi connectivity index (χ3n) is 22.0. The summed E-state index contributed by atoms with van der Waals surface area (Å²) in [6, 6.07) is 35.9. The van der Waals surface area contributed by atoms with Crippen molar-refractivity contribution in [2.75, 3.05) is 121 Å². The highest BCUT2D eigenvalue weighted by atomic mass is 35.5. The lowest BCUT2D eigenvalue weighted by Gasteiger charge is -2.24. The topological polar surface area (TPSA) is 233 Å². The Bertz CT molecular complexity index is 4340. The first-order chi connectivity index (χ1) is 59.5. The summed E-state index contributed by atoms with van der Waals surface area (Å²) < 4.78 is 59.5. The smallest absolute Gasteiger partial charge is 0.165 e. The van der Waals surface area contributed by atoms with E-state index in [2.05, 4.69) is 220 Å². The number of unbranched alkanes of at least 4 members (excludes halogenated alkanes) is 5. The van der Waals surface area contributed by atoms with Gasteiger partial charge in [0.15, 0.2) is 11.6 Å². The molecule has 7 heterocycles. The summed E-state index contributed by atoms with van der Waals surface area (Å²) in [5.41, 5.74) is 16.4. The fourth-order valence-electron chi connectivity index (χ4n) is 14.4. The van der Waals surface area contributed by atoms with Gasteiger partial charge in [-0.25, -0.2) is 4.39 Å². The molecule has 5 aromatic carbocycles. The van der Waals surface area contributed by atoms with Crippen LogP contribution in [0.1, 0.15) is 192 Å². The van der Waals surface area contributed by atoms with Crippen LogP contribution in [0, 0.1) is 11.7 Å². The molecular formula is C97H141ClFN15O8. The van der Waals surface area contributed by atoms with Crippen molar-refractivity contribution in [1.29, 1.82) is 0 Å². The molecule has 122 heavy (non-hydrogen) atoms. The summed E-state index contributed by atoms with van der Waals surface area (Å²) in [6.45, 7) is 30.1. The van der Waals surface area contributed by atoms with Gasteiger partial charge < -0.3 is 62.4 Å². The van der Waals surface area contributed by atoms with Gasteiger partial charge in [-0.2, -0.15) is 25.5 Å². The number of nitrogens with zero attached hydrogens (tertiary/aromatic N) is 10. The van der Waals surface area contributed by atoms with Crippen LogP contribution in [-0.2, 0) is 46.9 Å². The highest BCUT2D eigenvalue weighted by Gasteiger charge is 2.24. The number of hydrogen-bond donors (Lipinski definition) is 5. The number of aromatic amines is 5. The van der Waals surface area contributed by atoms with Crippen LogP contribution in [0.5, 0.6) is 28.7 Å². The average Bonchev–Trinajstić information content (AvgIpc) is 1.59. The monoisotopic (exact) mass is 1700 g/mol. The lowest BCUT2D eigenvalue weighted by molar-refractivity contribution is 0.0240. The Morgan fingerprint density at radius 3 is 1.05 bits per heavy atom. The number of benzene rings is 5. The molecule has 666 valence electrons. The van der Waals surface area contributed by atoms with E-state index in [1.165, 1.54) is 105 Å². The number of nitrogens with one attached hydrogen (secondary N) is 5. The van der Waals surface area contributed by atoms with Gasteiger partial charge in [0.1, 0.15) is 41.8 Å². The second-order valence-corrected chi connectivity index (χ2v) is 33.1. The van der Waals surface area contributed by atoms with E-state index in [1.54, 1.807) is 13.2 Å². The summed E-state index contributed by atoms with van der Waals surface area (Å²) in [5.74, 6) is 4.24. The van der Waals surface area contributed by atoms with Gasteiger partial charge in [-0.05, 0) is 241 Å². The Labute approximate surface area is 731 Å². The standard InChI is InChI=1S/C20H28ClN3O2.C20H28FN3O2.C20H31N3O.C19H27N3O.C18H27N3O2/c2*1-3-4-9-24(2)14-16-13-22-23-20(16)15-5-6-19(18(21)12-15)26-17-7-10-25-11-8-17;1-5-8-13-23(4)15-17-14-21-22-20(17)16-9-11-19(12-10-16)24-18(6-2)7-3;1-3-4-11-22(2)13-17-12-20-21-19(17)16-7-9-18(10-8-16)23-14-15-5-6-15;1-4-5-10-21(2)14-16-13-19-20-18(16)15-6-8-17(9-7-15)23-12-11-22-3/h2*5-6,12-13,17H,3-4,7-11,14H2,1-2H3,(H,22,23);9-12,14,18H,5-8,13,15H2,1-4H3,(H,21,22);7-10,12,15H,3-6,11,13-14H2,1-2H3,(H,20,21);6-9,13H,4-5,10-12,14H2,1-3H3,(H,19,20). The molecule has 23 nitrogen and oxygen atoms in total. The second-order valence-electron chi connectivity index (χ2n) is 32.7. The number of methoxy groups -OCH3 is 1. The summed E-state index contributed by atoms with van der Waals surface area (Å²) in [7, 11) is 12.4. The molecule has 0 bridgehead atoms. The van der Waals surface area contributed by atoms with Crippen LogP contribution >= 0.6 is 11.6 Å². The number of hydrogen-bond acceptors (Lipinski definition) is 18. The van der Waals surface area contributed by atoms with E-state index >= 15 is 0 Å². The van der Waals surface area contributed by atoms with E-state index in [9.17, 15) is 4.39 Å². The quantitative estimate of drug-likeness (QED) is 0.0223. The lowest BCUT2D eigenvalue weighted by Crippen LogP contribution is -2.26. The summed E-state index contributed by atoms with van der Waals surface area (Å²) in [4.78, 5) is 11.6. The predicted octanol–water partition coefficient (Wildman–Crippen LogP) is 20.8. The van der Waals surface area contributed by atoms with Gasteiger partial charge >= 0.3 is 0 Å².